The molecule has 0 fully saturated rings. The number of ether oxygens (including phenoxy) is 1. The second-order valence-electron chi connectivity index (χ2n) is 5.03. The summed E-state index contributed by atoms with van der Waals surface area (Å²) in [6.07, 6.45) is 0. The monoisotopic (exact) mass is 327 g/mol. The lowest BCUT2D eigenvalue weighted by atomic mass is 10.1. The first-order chi connectivity index (χ1) is 11.2. The maximum Gasteiger partial charge on any atom is 0.269 e. The number of carbonyl (C=O) groups is 1. The number of hydrogen-bond donors (Lipinski definition) is 1. The van der Waals surface area contributed by atoms with E-state index in [1.54, 1.807) is 36.2 Å². The molecular formula is C17H17N3O2S. The number of hydrogen-bond acceptors (Lipinski definition) is 4. The summed E-state index contributed by atoms with van der Waals surface area (Å²) < 4.78 is 6.82. The molecular weight excluding hydrogens is 310 g/mol. The number of nitrogens with one attached hydrogen (secondary N) is 1. The van der Waals surface area contributed by atoms with Gasteiger partial charge < -0.3 is 10.1 Å². The van der Waals surface area contributed by atoms with Gasteiger partial charge in [-0.05, 0) is 29.6 Å². The number of benzene rings is 1. The van der Waals surface area contributed by atoms with Crippen LogP contribution in [0.3, 0.4) is 0 Å². The summed E-state index contributed by atoms with van der Waals surface area (Å²) in [5.74, 6) is 0.624. The molecule has 0 unspecified atom stereocenters. The zero-order valence-corrected chi connectivity index (χ0v) is 13.8. The van der Waals surface area contributed by atoms with E-state index in [2.05, 4.69) is 10.4 Å². The third kappa shape index (κ3) is 3.43. The highest BCUT2D eigenvalue weighted by atomic mass is 32.1. The molecule has 23 heavy (non-hydrogen) atoms. The van der Waals surface area contributed by atoms with E-state index >= 15 is 0 Å². The van der Waals surface area contributed by atoms with Gasteiger partial charge in [-0.2, -0.15) is 5.10 Å². The molecule has 1 aromatic carbocycles. The van der Waals surface area contributed by atoms with Gasteiger partial charge in [0.25, 0.3) is 5.91 Å². The molecule has 0 aliphatic carbocycles. The van der Waals surface area contributed by atoms with Gasteiger partial charge in [0.15, 0.2) is 0 Å². The lowest BCUT2D eigenvalue weighted by molar-refractivity contribution is 0.0942. The molecule has 0 radical (unpaired) electrons. The van der Waals surface area contributed by atoms with Crippen molar-refractivity contribution in [2.45, 2.75) is 6.54 Å². The number of carbonyl (C=O) groups excluding carboxylic acids is 1. The first-order valence-electron chi connectivity index (χ1n) is 7.16. The van der Waals surface area contributed by atoms with Crippen molar-refractivity contribution in [3.05, 3.63) is 58.4 Å². The third-order valence-electron chi connectivity index (χ3n) is 3.48. The molecule has 118 valence electrons. The SMILES string of the molecule is COc1cccc(-c2cc(C(=O)NCc3cccs3)n(C)n2)c1. The van der Waals surface area contributed by atoms with Gasteiger partial charge in [-0.3, -0.25) is 9.48 Å². The summed E-state index contributed by atoms with van der Waals surface area (Å²) in [6.45, 7) is 0.524. The molecule has 0 aliphatic heterocycles. The van der Waals surface area contributed by atoms with E-state index < -0.39 is 0 Å². The normalized spacial score (nSPS) is 10.5. The van der Waals surface area contributed by atoms with Crippen molar-refractivity contribution >= 4 is 17.2 Å². The minimum atomic E-state index is -0.137. The number of nitrogens with zero attached hydrogens (tertiary/aromatic N) is 2. The van der Waals surface area contributed by atoms with Crippen LogP contribution in [-0.2, 0) is 13.6 Å². The van der Waals surface area contributed by atoms with E-state index in [0.29, 0.717) is 12.2 Å². The molecule has 3 rings (SSSR count). The van der Waals surface area contributed by atoms with Crippen molar-refractivity contribution in [1.82, 2.24) is 15.1 Å². The van der Waals surface area contributed by atoms with Crippen LogP contribution in [0.2, 0.25) is 0 Å². The molecule has 2 aromatic heterocycles. The number of methoxy groups -OCH3 is 1. The molecule has 3 aromatic rings. The summed E-state index contributed by atoms with van der Waals surface area (Å²) in [5, 5.41) is 9.33. The zero-order chi connectivity index (χ0) is 16.2. The fraction of sp³-hybridized carbons (Fsp3) is 0.176. The van der Waals surface area contributed by atoms with Crippen LogP contribution in [0.15, 0.2) is 47.8 Å². The summed E-state index contributed by atoms with van der Waals surface area (Å²) in [6, 6.07) is 13.4. The van der Waals surface area contributed by atoms with Crippen LogP contribution in [0.25, 0.3) is 11.3 Å². The molecule has 1 amide bonds. The van der Waals surface area contributed by atoms with Crippen LogP contribution in [0.4, 0.5) is 0 Å². The maximum absolute atomic E-state index is 12.3. The summed E-state index contributed by atoms with van der Waals surface area (Å²) >= 11 is 1.62. The Balaban J connectivity index is 1.78. The predicted octanol–water partition coefficient (Wildman–Crippen LogP) is 3.09. The van der Waals surface area contributed by atoms with Crippen molar-refractivity contribution in [3.8, 4) is 17.0 Å². The molecule has 1 N–H and O–H groups in total. The lowest BCUT2D eigenvalue weighted by Crippen LogP contribution is -2.24. The van der Waals surface area contributed by atoms with E-state index in [4.69, 9.17) is 4.74 Å². The van der Waals surface area contributed by atoms with Gasteiger partial charge in [0.2, 0.25) is 0 Å². The van der Waals surface area contributed by atoms with Crippen molar-refractivity contribution in [3.63, 3.8) is 0 Å². The van der Waals surface area contributed by atoms with Crippen LogP contribution in [-0.4, -0.2) is 22.8 Å². The predicted molar refractivity (Wildman–Crippen MR) is 90.7 cm³/mol. The average molecular weight is 327 g/mol. The highest BCUT2D eigenvalue weighted by Gasteiger charge is 2.14. The molecule has 2 heterocycles. The zero-order valence-electron chi connectivity index (χ0n) is 12.9. The third-order valence-corrected chi connectivity index (χ3v) is 4.36. The minimum Gasteiger partial charge on any atom is -0.497 e. The van der Waals surface area contributed by atoms with E-state index in [0.717, 1.165) is 21.9 Å². The Kier molecular flexibility index (Phi) is 4.43. The van der Waals surface area contributed by atoms with Gasteiger partial charge in [-0.25, -0.2) is 0 Å². The van der Waals surface area contributed by atoms with Gasteiger partial charge in [0, 0.05) is 17.5 Å². The van der Waals surface area contributed by atoms with Crippen molar-refractivity contribution in [2.75, 3.05) is 7.11 Å². The van der Waals surface area contributed by atoms with Gasteiger partial charge >= 0.3 is 0 Å². The number of thiophene rings is 1. The van der Waals surface area contributed by atoms with Crippen LogP contribution < -0.4 is 10.1 Å². The smallest absolute Gasteiger partial charge is 0.269 e. The number of rotatable bonds is 5. The second kappa shape index (κ2) is 6.66. The molecule has 6 heteroatoms. The van der Waals surface area contributed by atoms with Crippen molar-refractivity contribution in [2.24, 2.45) is 7.05 Å². The van der Waals surface area contributed by atoms with Crippen LogP contribution in [0.5, 0.6) is 5.75 Å². The van der Waals surface area contributed by atoms with E-state index in [9.17, 15) is 4.79 Å². The Bertz CT molecular complexity index is 809. The Morgan fingerprint density at radius 3 is 2.91 bits per heavy atom. The molecule has 0 aliphatic rings. The highest BCUT2D eigenvalue weighted by molar-refractivity contribution is 7.09. The Morgan fingerprint density at radius 2 is 2.17 bits per heavy atom. The van der Waals surface area contributed by atoms with Gasteiger partial charge in [0.05, 0.1) is 19.3 Å². The molecule has 5 nitrogen and oxygen atoms in total. The molecule has 0 saturated heterocycles. The summed E-state index contributed by atoms with van der Waals surface area (Å²) in [7, 11) is 3.39. The Hall–Kier alpha value is -2.60. The molecule has 0 atom stereocenters. The van der Waals surface area contributed by atoms with E-state index in [1.807, 2.05) is 41.8 Å². The topological polar surface area (TPSA) is 56.1 Å². The number of amides is 1. The molecule has 0 spiro atoms. The van der Waals surface area contributed by atoms with Crippen molar-refractivity contribution in [1.29, 1.82) is 0 Å². The first kappa shape index (κ1) is 15.3. The van der Waals surface area contributed by atoms with E-state index in [-0.39, 0.29) is 5.91 Å². The van der Waals surface area contributed by atoms with Gasteiger partial charge in [-0.15, -0.1) is 11.3 Å². The average Bonchev–Trinajstić information content (AvgIpc) is 3.22. The van der Waals surface area contributed by atoms with Gasteiger partial charge in [-0.1, -0.05) is 18.2 Å². The van der Waals surface area contributed by atoms with Crippen LogP contribution >= 0.6 is 11.3 Å². The van der Waals surface area contributed by atoms with Gasteiger partial charge in [0.1, 0.15) is 11.4 Å². The maximum atomic E-state index is 12.3. The van der Waals surface area contributed by atoms with Crippen LogP contribution in [0, 0.1) is 0 Å². The lowest BCUT2D eigenvalue weighted by Gasteiger charge is -2.03. The van der Waals surface area contributed by atoms with Crippen LogP contribution in [0.1, 0.15) is 15.4 Å². The van der Waals surface area contributed by atoms with E-state index in [1.165, 1.54) is 0 Å². The number of aryl methyl sites for hydroxylation is 1. The standard InChI is InChI=1S/C17H17N3O2S/c1-20-16(17(21)18-11-14-7-4-8-23-14)10-15(19-20)12-5-3-6-13(9-12)22-2/h3-10H,11H2,1-2H3,(H,18,21). The minimum absolute atomic E-state index is 0.137. The molecule has 0 saturated carbocycles. The highest BCUT2D eigenvalue weighted by Crippen LogP contribution is 2.23. The largest absolute Gasteiger partial charge is 0.497 e. The number of aromatic nitrogens is 2. The summed E-state index contributed by atoms with van der Waals surface area (Å²) in [5.41, 5.74) is 2.18. The second-order valence-corrected chi connectivity index (χ2v) is 6.06. The quantitative estimate of drug-likeness (QED) is 0.783. The fourth-order valence-electron chi connectivity index (χ4n) is 2.27. The summed E-state index contributed by atoms with van der Waals surface area (Å²) in [4.78, 5) is 13.5. The first-order valence-corrected chi connectivity index (χ1v) is 8.04. The Labute approximate surface area is 138 Å². The van der Waals surface area contributed by atoms with Crippen molar-refractivity contribution < 1.29 is 9.53 Å². The fourth-order valence-corrected chi connectivity index (χ4v) is 2.92. The Morgan fingerprint density at radius 1 is 1.30 bits per heavy atom. The molecule has 0 bridgehead atoms.